The average Bonchev–Trinajstić information content (AvgIpc) is 2.78. The van der Waals surface area contributed by atoms with Crippen LogP contribution in [0.25, 0.3) is 5.69 Å². The lowest BCUT2D eigenvalue weighted by molar-refractivity contribution is 0.0595. The summed E-state index contributed by atoms with van der Waals surface area (Å²) in [5.41, 5.74) is 0.611. The number of halogens is 2. The lowest BCUT2D eigenvalue weighted by Gasteiger charge is -2.22. The molecule has 2 aromatic heterocycles. The third-order valence-electron chi connectivity index (χ3n) is 4.76. The van der Waals surface area contributed by atoms with E-state index in [1.54, 1.807) is 36.7 Å². The molecule has 6 nitrogen and oxygen atoms in total. The molecule has 3 heterocycles. The minimum absolute atomic E-state index is 0.0893. The lowest BCUT2D eigenvalue weighted by Crippen LogP contribution is -2.26. The topological polar surface area (TPSA) is 69.0 Å². The Morgan fingerprint density at radius 2 is 2.07 bits per heavy atom. The van der Waals surface area contributed by atoms with Gasteiger partial charge in [0, 0.05) is 18.0 Å². The first kappa shape index (κ1) is 20.8. The second-order valence-corrected chi connectivity index (χ2v) is 8.44. The summed E-state index contributed by atoms with van der Waals surface area (Å²) in [5, 5.41) is 8.25. The molecule has 1 atom stereocenters. The van der Waals surface area contributed by atoms with Crippen molar-refractivity contribution in [2.75, 3.05) is 25.1 Å². The standard InChI is InChI=1S/C21H20ClFN4O2S/c22-20-18(24-10-14-2-1-9-29-13-14)12-26-27(21(20)28)16-5-8-19(25-11-16)30-17-6-3-15(23)4-7-17/h3-8,11-12,14,24H,1-2,9-10,13H2. The molecule has 4 rings (SSSR count). The monoisotopic (exact) mass is 446 g/mol. The van der Waals surface area contributed by atoms with E-state index in [0.717, 1.165) is 29.4 Å². The van der Waals surface area contributed by atoms with Crippen LogP contribution in [0.5, 0.6) is 0 Å². The zero-order chi connectivity index (χ0) is 20.9. The minimum atomic E-state index is -0.415. The Balaban J connectivity index is 1.46. The summed E-state index contributed by atoms with van der Waals surface area (Å²) in [6, 6.07) is 9.70. The number of rotatable bonds is 6. The Morgan fingerprint density at radius 3 is 2.77 bits per heavy atom. The molecule has 1 aromatic carbocycles. The van der Waals surface area contributed by atoms with Gasteiger partial charge in [-0.15, -0.1) is 0 Å². The number of ether oxygens (including phenoxy) is 1. The highest BCUT2D eigenvalue weighted by molar-refractivity contribution is 7.99. The number of pyridine rings is 1. The molecule has 0 amide bonds. The number of benzene rings is 1. The molecule has 1 aliphatic heterocycles. The predicted molar refractivity (Wildman–Crippen MR) is 115 cm³/mol. The maximum absolute atomic E-state index is 13.0. The van der Waals surface area contributed by atoms with Crippen molar-refractivity contribution in [2.24, 2.45) is 5.92 Å². The normalized spacial score (nSPS) is 16.4. The Hall–Kier alpha value is -2.42. The van der Waals surface area contributed by atoms with Crippen molar-refractivity contribution in [3.8, 4) is 5.69 Å². The summed E-state index contributed by atoms with van der Waals surface area (Å²) in [6.07, 6.45) is 5.24. The van der Waals surface area contributed by atoms with E-state index >= 15 is 0 Å². The quantitative estimate of drug-likeness (QED) is 0.605. The molecule has 0 radical (unpaired) electrons. The van der Waals surface area contributed by atoms with Gasteiger partial charge in [0.2, 0.25) is 0 Å². The van der Waals surface area contributed by atoms with Crippen LogP contribution < -0.4 is 10.9 Å². The van der Waals surface area contributed by atoms with Crippen molar-refractivity contribution in [1.29, 1.82) is 0 Å². The summed E-state index contributed by atoms with van der Waals surface area (Å²) in [5.74, 6) is 0.114. The van der Waals surface area contributed by atoms with E-state index in [1.807, 2.05) is 0 Å². The van der Waals surface area contributed by atoms with Crippen LogP contribution in [0, 0.1) is 11.7 Å². The molecule has 1 N–H and O–H groups in total. The third-order valence-corrected chi connectivity index (χ3v) is 6.08. The number of hydrogen-bond donors (Lipinski definition) is 1. The highest BCUT2D eigenvalue weighted by Gasteiger charge is 2.16. The van der Waals surface area contributed by atoms with Crippen LogP contribution in [-0.4, -0.2) is 34.5 Å². The van der Waals surface area contributed by atoms with Gasteiger partial charge in [0.1, 0.15) is 15.9 Å². The molecule has 0 aliphatic carbocycles. The summed E-state index contributed by atoms with van der Waals surface area (Å²) >= 11 is 7.69. The molecule has 3 aromatic rings. The molecule has 0 bridgehead atoms. The highest BCUT2D eigenvalue weighted by Crippen LogP contribution is 2.26. The Kier molecular flexibility index (Phi) is 6.66. The molecule has 0 spiro atoms. The molecular formula is C21H20ClFN4O2S. The SMILES string of the molecule is O=c1c(Cl)c(NCC2CCCOC2)cnn1-c1ccc(Sc2ccc(F)cc2)nc1. The molecule has 1 aliphatic rings. The van der Waals surface area contributed by atoms with E-state index in [9.17, 15) is 9.18 Å². The molecule has 30 heavy (non-hydrogen) atoms. The van der Waals surface area contributed by atoms with E-state index in [-0.39, 0.29) is 10.8 Å². The number of hydrogen-bond acceptors (Lipinski definition) is 6. The molecular weight excluding hydrogens is 427 g/mol. The Labute approximate surface area is 182 Å². The number of aromatic nitrogens is 3. The fourth-order valence-electron chi connectivity index (χ4n) is 3.14. The fourth-order valence-corrected chi connectivity index (χ4v) is 4.09. The van der Waals surface area contributed by atoms with E-state index < -0.39 is 5.56 Å². The molecule has 1 fully saturated rings. The van der Waals surface area contributed by atoms with Crippen LogP contribution in [0.15, 0.2) is 63.5 Å². The number of anilines is 1. The van der Waals surface area contributed by atoms with Crippen molar-refractivity contribution >= 4 is 29.1 Å². The number of nitrogens with one attached hydrogen (secondary N) is 1. The van der Waals surface area contributed by atoms with Crippen LogP contribution in [-0.2, 0) is 4.74 Å². The van der Waals surface area contributed by atoms with Crippen molar-refractivity contribution < 1.29 is 9.13 Å². The van der Waals surface area contributed by atoms with Crippen molar-refractivity contribution in [3.63, 3.8) is 0 Å². The molecule has 0 saturated carbocycles. The first-order chi connectivity index (χ1) is 14.6. The fraction of sp³-hybridized carbons (Fsp3) is 0.286. The van der Waals surface area contributed by atoms with Gasteiger partial charge in [0.15, 0.2) is 0 Å². The van der Waals surface area contributed by atoms with Gasteiger partial charge >= 0.3 is 0 Å². The van der Waals surface area contributed by atoms with Gasteiger partial charge in [-0.25, -0.2) is 9.37 Å². The maximum Gasteiger partial charge on any atom is 0.292 e. The first-order valence-corrected chi connectivity index (χ1v) is 10.8. The predicted octanol–water partition coefficient (Wildman–Crippen LogP) is 4.41. The summed E-state index contributed by atoms with van der Waals surface area (Å²) in [6.45, 7) is 2.20. The summed E-state index contributed by atoms with van der Waals surface area (Å²) < 4.78 is 19.7. The van der Waals surface area contributed by atoms with Crippen LogP contribution in [0.4, 0.5) is 10.1 Å². The highest BCUT2D eigenvalue weighted by atomic mass is 35.5. The zero-order valence-electron chi connectivity index (χ0n) is 16.1. The van der Waals surface area contributed by atoms with E-state index in [2.05, 4.69) is 15.4 Å². The van der Waals surface area contributed by atoms with Gasteiger partial charge in [-0.3, -0.25) is 4.79 Å². The van der Waals surface area contributed by atoms with Crippen LogP contribution >= 0.6 is 23.4 Å². The van der Waals surface area contributed by atoms with Crippen molar-refractivity contribution in [3.05, 3.63) is 70.0 Å². The van der Waals surface area contributed by atoms with E-state index in [0.29, 0.717) is 30.4 Å². The van der Waals surface area contributed by atoms with Crippen LogP contribution in [0.3, 0.4) is 0 Å². The molecule has 156 valence electrons. The van der Waals surface area contributed by atoms with Gasteiger partial charge in [-0.1, -0.05) is 23.4 Å². The zero-order valence-corrected chi connectivity index (χ0v) is 17.6. The van der Waals surface area contributed by atoms with Gasteiger partial charge in [-0.2, -0.15) is 9.78 Å². The lowest BCUT2D eigenvalue weighted by atomic mass is 10.0. The van der Waals surface area contributed by atoms with Gasteiger partial charge in [0.05, 0.1) is 30.4 Å². The average molecular weight is 447 g/mol. The maximum atomic E-state index is 13.0. The summed E-state index contributed by atoms with van der Waals surface area (Å²) in [4.78, 5) is 17.9. The van der Waals surface area contributed by atoms with Gasteiger partial charge in [0.25, 0.3) is 5.56 Å². The second-order valence-electron chi connectivity index (χ2n) is 6.96. The molecule has 1 saturated heterocycles. The smallest absolute Gasteiger partial charge is 0.292 e. The number of nitrogens with zero attached hydrogens (tertiary/aromatic N) is 3. The minimum Gasteiger partial charge on any atom is -0.382 e. The Morgan fingerprint density at radius 1 is 1.23 bits per heavy atom. The first-order valence-electron chi connectivity index (χ1n) is 9.59. The Bertz CT molecular complexity index is 1050. The van der Waals surface area contributed by atoms with Crippen LogP contribution in [0.1, 0.15) is 12.8 Å². The van der Waals surface area contributed by atoms with Gasteiger partial charge < -0.3 is 10.1 Å². The second kappa shape index (κ2) is 9.59. The largest absolute Gasteiger partial charge is 0.382 e. The van der Waals surface area contributed by atoms with Crippen LogP contribution in [0.2, 0.25) is 5.02 Å². The van der Waals surface area contributed by atoms with Gasteiger partial charge in [-0.05, 0) is 55.2 Å². The van der Waals surface area contributed by atoms with Crippen molar-refractivity contribution in [1.82, 2.24) is 14.8 Å². The molecule has 1 unspecified atom stereocenters. The third kappa shape index (κ3) is 5.00. The van der Waals surface area contributed by atoms with E-state index in [1.165, 1.54) is 28.6 Å². The van der Waals surface area contributed by atoms with E-state index in [4.69, 9.17) is 16.3 Å². The molecule has 9 heteroatoms. The van der Waals surface area contributed by atoms with Crippen molar-refractivity contribution in [2.45, 2.75) is 22.8 Å². The summed E-state index contributed by atoms with van der Waals surface area (Å²) in [7, 11) is 0.